The molecule has 0 bridgehead atoms. The number of methoxy groups -OCH3 is 1. The first-order chi connectivity index (χ1) is 13.2. The van der Waals surface area contributed by atoms with Gasteiger partial charge in [-0.2, -0.15) is 5.10 Å². The van der Waals surface area contributed by atoms with Crippen molar-refractivity contribution in [1.29, 1.82) is 0 Å². The second-order valence-corrected chi connectivity index (χ2v) is 7.24. The van der Waals surface area contributed by atoms with Crippen LogP contribution in [0.4, 0.5) is 0 Å². The molecule has 0 aliphatic carbocycles. The highest BCUT2D eigenvalue weighted by Gasteiger charge is 2.46. The van der Waals surface area contributed by atoms with Gasteiger partial charge in [0.25, 0.3) is 5.91 Å². The number of nitrogens with one attached hydrogen (secondary N) is 1. The van der Waals surface area contributed by atoms with Gasteiger partial charge in [-0.15, -0.1) is 0 Å². The van der Waals surface area contributed by atoms with Gasteiger partial charge < -0.3 is 15.0 Å². The van der Waals surface area contributed by atoms with Crippen molar-refractivity contribution < 1.29 is 9.53 Å². The summed E-state index contributed by atoms with van der Waals surface area (Å²) >= 11 is 0. The smallest absolute Gasteiger partial charge is 0.254 e. The van der Waals surface area contributed by atoms with Gasteiger partial charge in [0.1, 0.15) is 12.1 Å². The zero-order valence-electron chi connectivity index (χ0n) is 15.1. The number of ether oxygens (including phenoxy) is 1. The standard InChI is InChI=1S/C20H21N5O2/c1-27-16-4-2-13(3-5-16)19-17-10-21-9-15(17)11-24(19)20(26)14-6-7-25-18(8-14)22-12-23-25/h2-8,12,15,17,19,21H,9-11H2,1H3/t15-,17-,19-/m0/s1. The molecule has 3 aromatic rings. The zero-order valence-corrected chi connectivity index (χ0v) is 15.1. The summed E-state index contributed by atoms with van der Waals surface area (Å²) in [5.41, 5.74) is 2.49. The van der Waals surface area contributed by atoms with E-state index in [1.54, 1.807) is 17.8 Å². The van der Waals surface area contributed by atoms with Gasteiger partial charge in [-0.05, 0) is 35.7 Å². The van der Waals surface area contributed by atoms with Crippen molar-refractivity contribution in [3.8, 4) is 5.75 Å². The Balaban J connectivity index is 1.51. The van der Waals surface area contributed by atoms with E-state index in [-0.39, 0.29) is 11.9 Å². The Morgan fingerprint density at radius 1 is 1.22 bits per heavy atom. The second kappa shape index (κ2) is 6.35. The lowest BCUT2D eigenvalue weighted by Gasteiger charge is -2.28. The predicted octanol–water partition coefficient (Wildman–Crippen LogP) is 1.77. The van der Waals surface area contributed by atoms with E-state index in [1.165, 1.54) is 6.33 Å². The molecule has 0 saturated carbocycles. The van der Waals surface area contributed by atoms with Crippen molar-refractivity contribution in [3.63, 3.8) is 0 Å². The highest BCUT2D eigenvalue weighted by atomic mass is 16.5. The SMILES string of the molecule is COc1ccc([C@H]2[C@H]3CNC[C@H]3CN2C(=O)c2ccn3ncnc3c2)cc1. The number of benzene rings is 1. The number of pyridine rings is 1. The van der Waals surface area contributed by atoms with Crippen LogP contribution in [0.1, 0.15) is 22.0 Å². The Kier molecular flexibility index (Phi) is 3.82. The molecule has 1 amide bonds. The van der Waals surface area contributed by atoms with E-state index >= 15 is 0 Å². The fourth-order valence-electron chi connectivity index (χ4n) is 4.47. The van der Waals surface area contributed by atoms with Gasteiger partial charge in [0.05, 0.1) is 13.2 Å². The summed E-state index contributed by atoms with van der Waals surface area (Å²) in [6.45, 7) is 2.67. The molecule has 1 aromatic carbocycles. The lowest BCUT2D eigenvalue weighted by molar-refractivity contribution is 0.0714. The van der Waals surface area contributed by atoms with E-state index in [0.717, 1.165) is 30.9 Å². The molecule has 5 rings (SSSR count). The van der Waals surface area contributed by atoms with Gasteiger partial charge >= 0.3 is 0 Å². The van der Waals surface area contributed by atoms with Gasteiger partial charge in [-0.3, -0.25) is 4.79 Å². The molecule has 7 nitrogen and oxygen atoms in total. The maximum atomic E-state index is 13.4. The van der Waals surface area contributed by atoms with Crippen LogP contribution in [-0.2, 0) is 0 Å². The van der Waals surface area contributed by atoms with Crippen LogP contribution >= 0.6 is 0 Å². The topological polar surface area (TPSA) is 71.8 Å². The highest BCUT2D eigenvalue weighted by molar-refractivity contribution is 5.95. The quantitative estimate of drug-likeness (QED) is 0.768. The van der Waals surface area contributed by atoms with Crippen LogP contribution in [0.5, 0.6) is 5.75 Å². The van der Waals surface area contributed by atoms with E-state index in [9.17, 15) is 4.79 Å². The molecule has 1 N–H and O–H groups in total. The number of carbonyl (C=O) groups is 1. The molecular formula is C20H21N5O2. The lowest BCUT2D eigenvalue weighted by Crippen LogP contribution is -2.34. The first-order valence-electron chi connectivity index (χ1n) is 9.19. The van der Waals surface area contributed by atoms with Crippen LogP contribution in [-0.4, -0.2) is 52.1 Å². The van der Waals surface area contributed by atoms with Crippen LogP contribution in [0.3, 0.4) is 0 Å². The van der Waals surface area contributed by atoms with E-state index in [1.807, 2.05) is 29.2 Å². The molecule has 4 heterocycles. The lowest BCUT2D eigenvalue weighted by atomic mass is 9.89. The van der Waals surface area contributed by atoms with Crippen molar-refractivity contribution in [3.05, 3.63) is 60.0 Å². The molecular weight excluding hydrogens is 342 g/mol. The van der Waals surface area contributed by atoms with E-state index < -0.39 is 0 Å². The summed E-state index contributed by atoms with van der Waals surface area (Å²) in [6.07, 6.45) is 3.28. The largest absolute Gasteiger partial charge is 0.497 e. The number of amides is 1. The normalized spacial score (nSPS) is 24.3. The van der Waals surface area contributed by atoms with E-state index in [4.69, 9.17) is 4.74 Å². The van der Waals surface area contributed by atoms with Crippen molar-refractivity contribution in [1.82, 2.24) is 24.8 Å². The summed E-state index contributed by atoms with van der Waals surface area (Å²) < 4.78 is 6.95. The third kappa shape index (κ3) is 2.66. The minimum Gasteiger partial charge on any atom is -0.497 e. The summed E-state index contributed by atoms with van der Waals surface area (Å²) in [6, 6.07) is 11.8. The molecule has 7 heteroatoms. The molecule has 138 valence electrons. The number of hydrogen-bond acceptors (Lipinski definition) is 5. The number of fused-ring (bicyclic) bond motifs is 2. The first-order valence-corrected chi connectivity index (χ1v) is 9.19. The Morgan fingerprint density at radius 2 is 2.07 bits per heavy atom. The van der Waals surface area contributed by atoms with Crippen molar-refractivity contribution in [2.24, 2.45) is 11.8 Å². The molecule has 0 spiro atoms. The minimum absolute atomic E-state index is 0.0516. The minimum atomic E-state index is 0.0516. The molecule has 2 saturated heterocycles. The van der Waals surface area contributed by atoms with E-state index in [0.29, 0.717) is 23.0 Å². The molecule has 0 unspecified atom stereocenters. The first kappa shape index (κ1) is 16.3. The van der Waals surface area contributed by atoms with Crippen molar-refractivity contribution in [2.75, 3.05) is 26.7 Å². The van der Waals surface area contributed by atoms with Gasteiger partial charge in [-0.25, -0.2) is 9.50 Å². The van der Waals surface area contributed by atoms with Crippen LogP contribution in [0.15, 0.2) is 48.9 Å². The summed E-state index contributed by atoms with van der Waals surface area (Å²) in [7, 11) is 1.66. The molecule has 2 aromatic heterocycles. The third-order valence-electron chi connectivity index (χ3n) is 5.81. The fourth-order valence-corrected chi connectivity index (χ4v) is 4.47. The van der Waals surface area contributed by atoms with E-state index in [2.05, 4.69) is 27.5 Å². The van der Waals surface area contributed by atoms with Gasteiger partial charge in [-0.1, -0.05) is 12.1 Å². The number of hydrogen-bond donors (Lipinski definition) is 1. The maximum Gasteiger partial charge on any atom is 0.254 e. The molecule has 2 aliphatic heterocycles. The monoisotopic (exact) mass is 363 g/mol. The summed E-state index contributed by atoms with van der Waals surface area (Å²) in [5.74, 6) is 1.79. The van der Waals surface area contributed by atoms with Gasteiger partial charge in [0.2, 0.25) is 0 Å². The Labute approximate surface area is 157 Å². The molecule has 2 fully saturated rings. The summed E-state index contributed by atoms with van der Waals surface area (Å²) in [4.78, 5) is 19.6. The number of rotatable bonds is 3. The maximum absolute atomic E-state index is 13.4. The number of carbonyl (C=O) groups excluding carboxylic acids is 1. The van der Waals surface area contributed by atoms with Gasteiger partial charge in [0.15, 0.2) is 5.65 Å². The summed E-state index contributed by atoms with van der Waals surface area (Å²) in [5, 5.41) is 7.58. The van der Waals surface area contributed by atoms with Crippen LogP contribution in [0, 0.1) is 11.8 Å². The number of likely N-dealkylation sites (tertiary alicyclic amines) is 1. The zero-order chi connectivity index (χ0) is 18.4. The van der Waals surface area contributed by atoms with Gasteiger partial charge in [0, 0.05) is 37.3 Å². The molecule has 2 aliphatic rings. The van der Waals surface area contributed by atoms with Crippen molar-refractivity contribution in [2.45, 2.75) is 6.04 Å². The average Bonchev–Trinajstić information content (AvgIpc) is 3.42. The molecule has 3 atom stereocenters. The highest BCUT2D eigenvalue weighted by Crippen LogP contribution is 2.43. The van der Waals surface area contributed by atoms with Crippen LogP contribution in [0.2, 0.25) is 0 Å². The Bertz CT molecular complexity index is 983. The average molecular weight is 363 g/mol. The fraction of sp³-hybridized carbons (Fsp3) is 0.350. The van der Waals surface area contributed by atoms with Crippen LogP contribution in [0.25, 0.3) is 5.65 Å². The molecule has 27 heavy (non-hydrogen) atoms. The Morgan fingerprint density at radius 3 is 2.89 bits per heavy atom. The Hall–Kier alpha value is -2.93. The van der Waals surface area contributed by atoms with Crippen molar-refractivity contribution >= 4 is 11.6 Å². The molecule has 0 radical (unpaired) electrons. The number of aromatic nitrogens is 3. The second-order valence-electron chi connectivity index (χ2n) is 7.24. The third-order valence-corrected chi connectivity index (χ3v) is 5.81. The number of nitrogens with zero attached hydrogens (tertiary/aromatic N) is 4. The predicted molar refractivity (Wildman–Crippen MR) is 99.6 cm³/mol. The van der Waals surface area contributed by atoms with Crippen LogP contribution < -0.4 is 10.1 Å².